The molecule has 0 amide bonds. The van der Waals surface area contributed by atoms with Crippen molar-refractivity contribution >= 4 is 10.8 Å². The van der Waals surface area contributed by atoms with Crippen LogP contribution in [-0.4, -0.2) is 4.57 Å². The van der Waals surface area contributed by atoms with Crippen molar-refractivity contribution in [2.75, 3.05) is 0 Å². The second-order valence-corrected chi connectivity index (χ2v) is 3.30. The molecule has 2 aromatic rings. The minimum atomic E-state index is 0.0433. The summed E-state index contributed by atoms with van der Waals surface area (Å²) in [6.45, 7) is 2.02. The Bertz CT molecular complexity index is 511. The summed E-state index contributed by atoms with van der Waals surface area (Å²) in [5.41, 5.74) is 1.19. The van der Waals surface area contributed by atoms with E-state index in [0.29, 0.717) is 0 Å². The fourth-order valence-corrected chi connectivity index (χ4v) is 1.51. The largest absolute Gasteiger partial charge is 0.318 e. The zero-order valence-electron chi connectivity index (χ0n) is 7.74. The van der Waals surface area contributed by atoms with Crippen molar-refractivity contribution in [3.05, 3.63) is 46.4 Å². The second kappa shape index (κ2) is 2.73. The average Bonchev–Trinajstić information content (AvgIpc) is 2.09. The van der Waals surface area contributed by atoms with Gasteiger partial charge < -0.3 is 4.57 Å². The Morgan fingerprint density at radius 3 is 2.85 bits per heavy atom. The minimum absolute atomic E-state index is 0.0433. The number of hydrogen-bond donors (Lipinski definition) is 0. The van der Waals surface area contributed by atoms with Crippen molar-refractivity contribution in [2.45, 2.75) is 6.92 Å². The lowest BCUT2D eigenvalue weighted by Crippen LogP contribution is -2.14. The molecule has 13 heavy (non-hydrogen) atoms. The highest BCUT2D eigenvalue weighted by atomic mass is 16.1. The van der Waals surface area contributed by atoms with Gasteiger partial charge in [-0.25, -0.2) is 0 Å². The van der Waals surface area contributed by atoms with Gasteiger partial charge in [0.25, 0.3) is 5.56 Å². The summed E-state index contributed by atoms with van der Waals surface area (Å²) in [7, 11) is 1.77. The Morgan fingerprint density at radius 2 is 2.08 bits per heavy atom. The van der Waals surface area contributed by atoms with Gasteiger partial charge in [0, 0.05) is 19.3 Å². The summed E-state index contributed by atoms with van der Waals surface area (Å²) in [5.74, 6) is 0. The lowest BCUT2D eigenvalue weighted by Gasteiger charge is -2.02. The molecule has 0 bridgehead atoms. The van der Waals surface area contributed by atoms with Gasteiger partial charge in [-0.2, -0.15) is 0 Å². The third kappa shape index (κ3) is 1.24. The van der Waals surface area contributed by atoms with Crippen LogP contribution in [0.25, 0.3) is 10.8 Å². The van der Waals surface area contributed by atoms with Crippen LogP contribution in [-0.2, 0) is 7.05 Å². The molecule has 2 rings (SSSR count). The Morgan fingerprint density at radius 1 is 1.31 bits per heavy atom. The van der Waals surface area contributed by atoms with E-state index < -0.39 is 0 Å². The monoisotopic (exact) mass is 173 g/mol. The zero-order valence-corrected chi connectivity index (χ0v) is 7.74. The van der Waals surface area contributed by atoms with Gasteiger partial charge in [-0.3, -0.25) is 4.79 Å². The maximum atomic E-state index is 11.3. The number of hydrogen-bond acceptors (Lipinski definition) is 1. The molecule has 2 heteroatoms. The van der Waals surface area contributed by atoms with Gasteiger partial charge >= 0.3 is 0 Å². The molecule has 0 fully saturated rings. The lowest BCUT2D eigenvalue weighted by molar-refractivity contribution is 0.870. The SMILES string of the molecule is Cc1cccc2cn(C)c(=O)cc12. The first kappa shape index (κ1) is 8.05. The van der Waals surface area contributed by atoms with Crippen LogP contribution in [0.3, 0.4) is 0 Å². The Labute approximate surface area is 76.4 Å². The van der Waals surface area contributed by atoms with Crippen molar-refractivity contribution in [3.8, 4) is 0 Å². The van der Waals surface area contributed by atoms with Crippen molar-refractivity contribution in [3.63, 3.8) is 0 Å². The van der Waals surface area contributed by atoms with E-state index >= 15 is 0 Å². The average molecular weight is 173 g/mol. The molecule has 0 saturated heterocycles. The van der Waals surface area contributed by atoms with Crippen molar-refractivity contribution < 1.29 is 0 Å². The summed E-state index contributed by atoms with van der Waals surface area (Å²) in [6, 6.07) is 7.72. The summed E-state index contributed by atoms with van der Waals surface area (Å²) in [4.78, 5) is 11.3. The predicted octanol–water partition coefficient (Wildman–Crippen LogP) is 1.85. The van der Waals surface area contributed by atoms with Crippen LogP contribution in [0.4, 0.5) is 0 Å². The molecule has 0 spiro atoms. The number of fused-ring (bicyclic) bond motifs is 1. The minimum Gasteiger partial charge on any atom is -0.318 e. The third-order valence-corrected chi connectivity index (χ3v) is 2.31. The standard InChI is InChI=1S/C11H11NO/c1-8-4-3-5-9-7-12(2)11(13)6-10(8)9/h3-7H,1-2H3. The normalized spacial score (nSPS) is 10.6. The molecule has 66 valence electrons. The third-order valence-electron chi connectivity index (χ3n) is 2.31. The smallest absolute Gasteiger partial charge is 0.250 e. The van der Waals surface area contributed by atoms with Crippen LogP contribution in [0, 0.1) is 6.92 Å². The van der Waals surface area contributed by atoms with E-state index in [4.69, 9.17) is 0 Å². The molecule has 0 aliphatic heterocycles. The Kier molecular flexibility index (Phi) is 1.69. The Hall–Kier alpha value is -1.57. The summed E-state index contributed by atoms with van der Waals surface area (Å²) < 4.78 is 1.60. The van der Waals surface area contributed by atoms with Crippen LogP contribution in [0.2, 0.25) is 0 Å². The summed E-state index contributed by atoms with van der Waals surface area (Å²) in [6.07, 6.45) is 1.87. The number of rotatable bonds is 0. The van der Waals surface area contributed by atoms with Gasteiger partial charge in [0.2, 0.25) is 0 Å². The molecule has 0 atom stereocenters. The van der Waals surface area contributed by atoms with Gasteiger partial charge in [-0.05, 0) is 23.3 Å². The summed E-state index contributed by atoms with van der Waals surface area (Å²) in [5, 5.41) is 2.16. The highest BCUT2D eigenvalue weighted by Crippen LogP contribution is 2.14. The lowest BCUT2D eigenvalue weighted by atomic mass is 10.1. The number of aromatic nitrogens is 1. The first-order valence-electron chi connectivity index (χ1n) is 4.24. The topological polar surface area (TPSA) is 22.0 Å². The van der Waals surface area contributed by atoms with Crippen LogP contribution in [0.15, 0.2) is 35.3 Å². The van der Waals surface area contributed by atoms with Crippen LogP contribution < -0.4 is 5.56 Å². The second-order valence-electron chi connectivity index (χ2n) is 3.30. The molecule has 0 N–H and O–H groups in total. The molecule has 0 saturated carbocycles. The molecular formula is C11H11NO. The molecule has 0 unspecified atom stereocenters. The fraction of sp³-hybridized carbons (Fsp3) is 0.182. The summed E-state index contributed by atoms with van der Waals surface area (Å²) >= 11 is 0. The highest BCUT2D eigenvalue weighted by Gasteiger charge is 1.98. The zero-order chi connectivity index (χ0) is 9.42. The quantitative estimate of drug-likeness (QED) is 0.596. The number of benzene rings is 1. The molecule has 1 aromatic carbocycles. The fourth-order valence-electron chi connectivity index (χ4n) is 1.51. The van der Waals surface area contributed by atoms with Gasteiger partial charge in [0.1, 0.15) is 0 Å². The maximum Gasteiger partial charge on any atom is 0.250 e. The van der Waals surface area contributed by atoms with E-state index in [-0.39, 0.29) is 5.56 Å². The van der Waals surface area contributed by atoms with Crippen molar-refractivity contribution in [1.29, 1.82) is 0 Å². The van der Waals surface area contributed by atoms with E-state index in [1.165, 1.54) is 0 Å². The van der Waals surface area contributed by atoms with Gasteiger partial charge in [-0.15, -0.1) is 0 Å². The number of pyridine rings is 1. The van der Waals surface area contributed by atoms with Crippen LogP contribution in [0.1, 0.15) is 5.56 Å². The Balaban J connectivity index is 2.97. The predicted molar refractivity (Wildman–Crippen MR) is 53.9 cm³/mol. The molecule has 0 aliphatic rings. The van der Waals surface area contributed by atoms with Crippen molar-refractivity contribution in [1.82, 2.24) is 4.57 Å². The van der Waals surface area contributed by atoms with Crippen LogP contribution >= 0.6 is 0 Å². The van der Waals surface area contributed by atoms with E-state index in [1.54, 1.807) is 17.7 Å². The van der Waals surface area contributed by atoms with E-state index in [0.717, 1.165) is 16.3 Å². The van der Waals surface area contributed by atoms with Gasteiger partial charge in [0.15, 0.2) is 0 Å². The van der Waals surface area contributed by atoms with E-state index in [9.17, 15) is 4.79 Å². The molecule has 2 nitrogen and oxygen atoms in total. The van der Waals surface area contributed by atoms with Gasteiger partial charge in [0.05, 0.1) is 0 Å². The van der Waals surface area contributed by atoms with Crippen LogP contribution in [0.5, 0.6) is 0 Å². The first-order chi connectivity index (χ1) is 6.18. The first-order valence-corrected chi connectivity index (χ1v) is 4.24. The van der Waals surface area contributed by atoms with E-state index in [1.807, 2.05) is 31.3 Å². The molecule has 1 heterocycles. The molecule has 0 radical (unpaired) electrons. The van der Waals surface area contributed by atoms with Gasteiger partial charge in [-0.1, -0.05) is 18.2 Å². The molecule has 1 aromatic heterocycles. The van der Waals surface area contributed by atoms with Crippen molar-refractivity contribution in [2.24, 2.45) is 7.05 Å². The highest BCUT2D eigenvalue weighted by molar-refractivity contribution is 5.84. The maximum absolute atomic E-state index is 11.3. The van der Waals surface area contributed by atoms with E-state index in [2.05, 4.69) is 0 Å². The molecular weight excluding hydrogens is 162 g/mol. The number of nitrogens with zero attached hydrogens (tertiary/aromatic N) is 1. The number of aryl methyl sites for hydroxylation is 2. The molecule has 0 aliphatic carbocycles.